The van der Waals surface area contributed by atoms with Crippen molar-refractivity contribution in [1.82, 2.24) is 9.97 Å². The molecule has 0 saturated heterocycles. The summed E-state index contributed by atoms with van der Waals surface area (Å²) in [5.41, 5.74) is 2.18. The first-order valence-corrected chi connectivity index (χ1v) is 5.55. The third-order valence-electron chi connectivity index (χ3n) is 2.57. The van der Waals surface area contributed by atoms with Crippen molar-refractivity contribution in [3.8, 4) is 11.6 Å². The van der Waals surface area contributed by atoms with Crippen molar-refractivity contribution in [1.29, 1.82) is 0 Å². The average molecular weight is 284 g/mol. The summed E-state index contributed by atoms with van der Waals surface area (Å²) in [6.07, 6.45) is -3.14. The lowest BCUT2D eigenvalue weighted by Gasteiger charge is -2.11. The molecule has 0 saturated carbocycles. The van der Waals surface area contributed by atoms with Gasteiger partial charge in [0.2, 0.25) is 5.88 Å². The van der Waals surface area contributed by atoms with Crippen LogP contribution in [0.5, 0.6) is 11.6 Å². The number of rotatable bonds is 3. The minimum atomic E-state index is -4.37. The van der Waals surface area contributed by atoms with Crippen molar-refractivity contribution in [2.75, 3.05) is 5.43 Å². The Bertz CT molecular complexity index is 599. The summed E-state index contributed by atoms with van der Waals surface area (Å²) in [6, 6.07) is 4.32. The topological polar surface area (TPSA) is 73.1 Å². The van der Waals surface area contributed by atoms with Gasteiger partial charge in [0.1, 0.15) is 17.9 Å². The molecular formula is C12H11F3N4O. The van der Waals surface area contributed by atoms with Crippen molar-refractivity contribution in [3.05, 3.63) is 41.7 Å². The number of nitrogens with one attached hydrogen (secondary N) is 1. The fourth-order valence-corrected chi connectivity index (χ4v) is 1.51. The van der Waals surface area contributed by atoms with Gasteiger partial charge in [-0.25, -0.2) is 15.8 Å². The van der Waals surface area contributed by atoms with Gasteiger partial charge in [0.15, 0.2) is 0 Å². The summed E-state index contributed by atoms with van der Waals surface area (Å²) in [5.74, 6) is 6.09. The van der Waals surface area contributed by atoms with E-state index in [2.05, 4.69) is 15.4 Å². The van der Waals surface area contributed by atoms with Crippen LogP contribution in [0.4, 0.5) is 19.0 Å². The van der Waals surface area contributed by atoms with Crippen molar-refractivity contribution in [2.45, 2.75) is 13.1 Å². The van der Waals surface area contributed by atoms with E-state index < -0.39 is 11.7 Å². The van der Waals surface area contributed by atoms with E-state index in [0.29, 0.717) is 11.4 Å². The molecule has 0 fully saturated rings. The molecule has 8 heteroatoms. The first kappa shape index (κ1) is 14.1. The second kappa shape index (κ2) is 5.33. The number of aromatic nitrogens is 2. The zero-order chi connectivity index (χ0) is 14.8. The molecule has 20 heavy (non-hydrogen) atoms. The molecule has 0 atom stereocenters. The van der Waals surface area contributed by atoms with Gasteiger partial charge in [-0.2, -0.15) is 13.2 Å². The first-order chi connectivity index (χ1) is 9.41. The van der Waals surface area contributed by atoms with Crippen molar-refractivity contribution in [2.24, 2.45) is 5.84 Å². The second-order valence-electron chi connectivity index (χ2n) is 3.92. The number of nitrogens with zero attached hydrogens (tertiary/aromatic N) is 2. The van der Waals surface area contributed by atoms with Gasteiger partial charge >= 0.3 is 6.18 Å². The predicted octanol–water partition coefficient (Wildman–Crippen LogP) is 2.88. The summed E-state index contributed by atoms with van der Waals surface area (Å²) in [4.78, 5) is 7.77. The lowest BCUT2D eigenvalue weighted by molar-refractivity contribution is -0.137. The van der Waals surface area contributed by atoms with Crippen LogP contribution >= 0.6 is 0 Å². The largest absolute Gasteiger partial charge is 0.439 e. The van der Waals surface area contributed by atoms with Crippen LogP contribution in [-0.2, 0) is 6.18 Å². The maximum Gasteiger partial charge on any atom is 0.416 e. The average Bonchev–Trinajstić information content (AvgIpc) is 2.41. The van der Waals surface area contributed by atoms with Crippen LogP contribution in [0.25, 0.3) is 0 Å². The number of halogens is 3. The van der Waals surface area contributed by atoms with E-state index in [1.165, 1.54) is 18.5 Å². The van der Waals surface area contributed by atoms with Gasteiger partial charge in [-0.15, -0.1) is 0 Å². The lowest BCUT2D eigenvalue weighted by atomic mass is 10.2. The van der Waals surface area contributed by atoms with E-state index in [1.54, 1.807) is 6.92 Å². The number of hydrogen-bond acceptors (Lipinski definition) is 5. The van der Waals surface area contributed by atoms with Crippen LogP contribution in [0.3, 0.4) is 0 Å². The number of nitrogens with two attached hydrogens (primary N) is 1. The molecule has 1 heterocycles. The monoisotopic (exact) mass is 284 g/mol. The number of anilines is 1. The van der Waals surface area contributed by atoms with Crippen LogP contribution in [0.2, 0.25) is 0 Å². The van der Waals surface area contributed by atoms with Gasteiger partial charge in [0, 0.05) is 0 Å². The standard InChI is InChI=1S/C12H11F3N4O/c1-7-10(19-16)17-6-18-11(7)20-9-4-2-8(3-5-9)12(13,14)15/h2-6H,16H2,1H3,(H,17,18,19). The highest BCUT2D eigenvalue weighted by Crippen LogP contribution is 2.31. The molecule has 0 bridgehead atoms. The maximum absolute atomic E-state index is 12.4. The Morgan fingerprint density at radius 3 is 2.35 bits per heavy atom. The molecule has 0 amide bonds. The molecule has 0 spiro atoms. The second-order valence-corrected chi connectivity index (χ2v) is 3.92. The molecule has 2 aromatic rings. The minimum absolute atomic E-state index is 0.215. The zero-order valence-electron chi connectivity index (χ0n) is 10.4. The Morgan fingerprint density at radius 1 is 1.15 bits per heavy atom. The highest BCUT2D eigenvalue weighted by molar-refractivity contribution is 5.47. The Morgan fingerprint density at radius 2 is 1.80 bits per heavy atom. The van der Waals surface area contributed by atoms with Gasteiger partial charge in [0.25, 0.3) is 0 Å². The van der Waals surface area contributed by atoms with Gasteiger partial charge in [-0.1, -0.05) is 0 Å². The minimum Gasteiger partial charge on any atom is -0.439 e. The molecule has 2 rings (SSSR count). The maximum atomic E-state index is 12.4. The molecule has 0 aliphatic carbocycles. The molecule has 5 nitrogen and oxygen atoms in total. The fraction of sp³-hybridized carbons (Fsp3) is 0.167. The lowest BCUT2D eigenvalue weighted by Crippen LogP contribution is -2.11. The normalized spacial score (nSPS) is 11.2. The van der Waals surface area contributed by atoms with E-state index in [-0.39, 0.29) is 11.6 Å². The van der Waals surface area contributed by atoms with Crippen LogP contribution in [0, 0.1) is 6.92 Å². The molecule has 1 aromatic heterocycles. The molecule has 0 aliphatic rings. The predicted molar refractivity (Wildman–Crippen MR) is 66.1 cm³/mol. The van der Waals surface area contributed by atoms with Crippen LogP contribution in [0.15, 0.2) is 30.6 Å². The van der Waals surface area contributed by atoms with Crippen LogP contribution < -0.4 is 16.0 Å². The number of benzene rings is 1. The zero-order valence-corrected chi connectivity index (χ0v) is 10.4. The highest BCUT2D eigenvalue weighted by atomic mass is 19.4. The number of hydrogen-bond donors (Lipinski definition) is 2. The fourth-order valence-electron chi connectivity index (χ4n) is 1.51. The Kier molecular flexibility index (Phi) is 3.75. The molecule has 0 radical (unpaired) electrons. The number of hydrazine groups is 1. The smallest absolute Gasteiger partial charge is 0.416 e. The SMILES string of the molecule is Cc1c(NN)ncnc1Oc1ccc(C(F)(F)F)cc1. The molecular weight excluding hydrogens is 273 g/mol. The Hall–Kier alpha value is -2.35. The third kappa shape index (κ3) is 2.97. The molecule has 106 valence electrons. The molecule has 1 aromatic carbocycles. The first-order valence-electron chi connectivity index (χ1n) is 5.55. The number of ether oxygens (including phenoxy) is 1. The molecule has 0 unspecified atom stereocenters. The highest BCUT2D eigenvalue weighted by Gasteiger charge is 2.30. The quantitative estimate of drug-likeness (QED) is 0.669. The van der Waals surface area contributed by atoms with E-state index in [9.17, 15) is 13.2 Å². The van der Waals surface area contributed by atoms with Crippen LogP contribution in [-0.4, -0.2) is 9.97 Å². The van der Waals surface area contributed by atoms with E-state index in [0.717, 1.165) is 12.1 Å². The summed E-state index contributed by atoms with van der Waals surface area (Å²) in [7, 11) is 0. The number of alkyl halides is 3. The summed E-state index contributed by atoms with van der Waals surface area (Å²) >= 11 is 0. The van der Waals surface area contributed by atoms with Gasteiger partial charge < -0.3 is 10.2 Å². The van der Waals surface area contributed by atoms with E-state index in [4.69, 9.17) is 10.6 Å². The van der Waals surface area contributed by atoms with Gasteiger partial charge in [0.05, 0.1) is 11.1 Å². The summed E-state index contributed by atoms with van der Waals surface area (Å²) in [6.45, 7) is 1.68. The molecule has 0 aliphatic heterocycles. The van der Waals surface area contributed by atoms with Gasteiger partial charge in [-0.05, 0) is 31.2 Å². The number of nitrogen functional groups attached to an aromatic ring is 1. The van der Waals surface area contributed by atoms with Crippen LogP contribution in [0.1, 0.15) is 11.1 Å². The van der Waals surface area contributed by atoms with Crippen molar-refractivity contribution in [3.63, 3.8) is 0 Å². The molecule has 3 N–H and O–H groups in total. The summed E-state index contributed by atoms with van der Waals surface area (Å²) < 4.78 is 42.7. The van der Waals surface area contributed by atoms with E-state index in [1.807, 2.05) is 0 Å². The Balaban J connectivity index is 2.23. The summed E-state index contributed by atoms with van der Waals surface area (Å²) in [5, 5.41) is 0. The third-order valence-corrected chi connectivity index (χ3v) is 2.57. The Labute approximate surface area is 112 Å². The van der Waals surface area contributed by atoms with Gasteiger partial charge in [-0.3, -0.25) is 0 Å². The van der Waals surface area contributed by atoms with Crippen molar-refractivity contribution < 1.29 is 17.9 Å². The van der Waals surface area contributed by atoms with Crippen molar-refractivity contribution >= 4 is 5.82 Å². The van der Waals surface area contributed by atoms with E-state index >= 15 is 0 Å².